The Morgan fingerprint density at radius 1 is 0.921 bits per heavy atom. The first-order valence-corrected chi connectivity index (χ1v) is 14.2. The summed E-state index contributed by atoms with van der Waals surface area (Å²) in [7, 11) is -4.03. The third kappa shape index (κ3) is 7.64. The Balaban J connectivity index is 2.08. The lowest BCUT2D eigenvalue weighted by Gasteiger charge is -2.34. The lowest BCUT2D eigenvalue weighted by atomic mass is 10.0. The molecule has 0 heterocycles. The molecular formula is C29H34FN3O4S. The van der Waals surface area contributed by atoms with E-state index in [1.165, 1.54) is 23.1 Å². The molecule has 0 fully saturated rings. The number of para-hydroxylation sites is 1. The smallest absolute Gasteiger partial charge is 0.244 e. The average molecular weight is 540 g/mol. The average Bonchev–Trinajstić information content (AvgIpc) is 2.85. The van der Waals surface area contributed by atoms with Crippen molar-refractivity contribution in [1.82, 2.24) is 10.2 Å². The van der Waals surface area contributed by atoms with Gasteiger partial charge in [-0.25, -0.2) is 12.8 Å². The van der Waals surface area contributed by atoms with Crippen LogP contribution in [-0.2, 0) is 32.6 Å². The first-order chi connectivity index (χ1) is 18.0. The molecule has 9 heteroatoms. The molecule has 0 aliphatic heterocycles. The normalized spacial score (nSPS) is 12.2. The molecule has 0 saturated heterocycles. The molecule has 1 atom stereocenters. The van der Waals surface area contributed by atoms with Gasteiger partial charge < -0.3 is 10.2 Å². The highest BCUT2D eigenvalue weighted by atomic mass is 32.2. The zero-order valence-corrected chi connectivity index (χ0v) is 22.9. The molecule has 2 amide bonds. The number of carbonyl (C=O) groups is 2. The highest BCUT2D eigenvalue weighted by Crippen LogP contribution is 2.23. The molecule has 0 spiro atoms. The van der Waals surface area contributed by atoms with Crippen LogP contribution in [0.3, 0.4) is 0 Å². The number of amides is 2. The van der Waals surface area contributed by atoms with Crippen LogP contribution in [0, 0.1) is 12.7 Å². The lowest BCUT2D eigenvalue weighted by Crippen LogP contribution is -2.54. The number of halogens is 1. The Hall–Kier alpha value is -3.72. The number of sulfonamides is 1. The first-order valence-electron chi connectivity index (χ1n) is 12.4. The Morgan fingerprint density at radius 3 is 2.13 bits per heavy atom. The molecule has 0 aromatic heterocycles. The second-order valence-electron chi connectivity index (χ2n) is 9.54. The minimum atomic E-state index is -4.03. The van der Waals surface area contributed by atoms with Crippen molar-refractivity contribution in [3.05, 3.63) is 101 Å². The maximum absolute atomic E-state index is 14.6. The summed E-state index contributed by atoms with van der Waals surface area (Å²) >= 11 is 0. The molecular weight excluding hydrogens is 505 g/mol. The summed E-state index contributed by atoms with van der Waals surface area (Å²) in [6.07, 6.45) is 1.14. The van der Waals surface area contributed by atoms with Crippen molar-refractivity contribution < 1.29 is 22.4 Å². The topological polar surface area (TPSA) is 86.8 Å². The van der Waals surface area contributed by atoms with Gasteiger partial charge in [0.15, 0.2) is 0 Å². The van der Waals surface area contributed by atoms with Gasteiger partial charge in [0.2, 0.25) is 21.8 Å². The SMILES string of the molecule is Cc1ccccc1CN(C(=O)CN(c1ccccc1F)S(C)(=O)=O)[C@@H](Cc1ccccc1)C(=O)NC(C)C. The number of carbonyl (C=O) groups excluding carboxylic acids is 2. The van der Waals surface area contributed by atoms with E-state index in [1.807, 2.05) is 75.4 Å². The predicted octanol–water partition coefficient (Wildman–Crippen LogP) is 4.06. The zero-order chi connectivity index (χ0) is 27.9. The molecule has 7 nitrogen and oxygen atoms in total. The van der Waals surface area contributed by atoms with Gasteiger partial charge in [0.05, 0.1) is 11.9 Å². The van der Waals surface area contributed by atoms with Crippen LogP contribution >= 0.6 is 0 Å². The van der Waals surface area contributed by atoms with E-state index in [9.17, 15) is 22.4 Å². The maximum atomic E-state index is 14.6. The number of hydrogen-bond donors (Lipinski definition) is 1. The van der Waals surface area contributed by atoms with Crippen molar-refractivity contribution in [3.8, 4) is 0 Å². The number of aryl methyl sites for hydroxylation is 1. The molecule has 0 aliphatic carbocycles. The molecule has 3 aromatic rings. The third-order valence-corrected chi connectivity index (χ3v) is 7.23. The minimum Gasteiger partial charge on any atom is -0.352 e. The molecule has 0 saturated carbocycles. The van der Waals surface area contributed by atoms with E-state index in [1.54, 1.807) is 0 Å². The van der Waals surface area contributed by atoms with Crippen molar-refractivity contribution in [2.75, 3.05) is 17.1 Å². The fourth-order valence-corrected chi connectivity index (χ4v) is 5.00. The van der Waals surface area contributed by atoms with E-state index in [0.717, 1.165) is 33.3 Å². The molecule has 202 valence electrons. The van der Waals surface area contributed by atoms with Gasteiger partial charge in [0, 0.05) is 19.0 Å². The first kappa shape index (κ1) is 28.8. The quantitative estimate of drug-likeness (QED) is 0.398. The number of hydrogen-bond acceptors (Lipinski definition) is 4. The van der Waals surface area contributed by atoms with E-state index >= 15 is 0 Å². The number of rotatable bonds is 11. The Morgan fingerprint density at radius 2 is 1.53 bits per heavy atom. The van der Waals surface area contributed by atoms with E-state index in [4.69, 9.17) is 0 Å². The summed E-state index contributed by atoms with van der Waals surface area (Å²) in [6, 6.07) is 21.1. The molecule has 3 rings (SSSR count). The van der Waals surface area contributed by atoms with E-state index in [0.29, 0.717) is 0 Å². The number of benzene rings is 3. The number of nitrogens with zero attached hydrogens (tertiary/aromatic N) is 2. The van der Waals surface area contributed by atoms with Gasteiger partial charge in [-0.1, -0.05) is 66.7 Å². The van der Waals surface area contributed by atoms with E-state index in [2.05, 4.69) is 5.32 Å². The van der Waals surface area contributed by atoms with Gasteiger partial charge in [0.1, 0.15) is 18.4 Å². The standard InChI is InChI=1S/C29H34FN3O4S/c1-21(2)31-29(35)27(18-23-13-6-5-7-14-23)32(19-24-15-9-8-12-22(24)3)28(34)20-33(38(4,36)37)26-17-11-10-16-25(26)30/h5-17,21,27H,18-20H2,1-4H3,(H,31,35)/t27-/m0/s1. The van der Waals surface area contributed by atoms with Gasteiger partial charge >= 0.3 is 0 Å². The molecule has 0 radical (unpaired) electrons. The van der Waals surface area contributed by atoms with Crippen LogP contribution in [0.2, 0.25) is 0 Å². The van der Waals surface area contributed by atoms with Crippen molar-refractivity contribution in [2.45, 2.75) is 45.8 Å². The molecule has 0 unspecified atom stereocenters. The fourth-order valence-electron chi connectivity index (χ4n) is 4.15. The van der Waals surface area contributed by atoms with Crippen LogP contribution in [0.15, 0.2) is 78.9 Å². The largest absolute Gasteiger partial charge is 0.352 e. The Labute approximate surface area is 224 Å². The highest BCUT2D eigenvalue weighted by molar-refractivity contribution is 7.92. The van der Waals surface area contributed by atoms with Crippen LogP contribution in [0.5, 0.6) is 0 Å². The monoisotopic (exact) mass is 539 g/mol. The zero-order valence-electron chi connectivity index (χ0n) is 22.1. The van der Waals surface area contributed by atoms with E-state index < -0.39 is 34.3 Å². The summed E-state index contributed by atoms with van der Waals surface area (Å²) in [6.45, 7) is 4.97. The Bertz CT molecular complexity index is 1360. The van der Waals surface area contributed by atoms with Crippen LogP contribution in [0.1, 0.15) is 30.5 Å². The third-order valence-electron chi connectivity index (χ3n) is 6.10. The lowest BCUT2D eigenvalue weighted by molar-refractivity contribution is -0.140. The summed E-state index contributed by atoms with van der Waals surface area (Å²) in [5, 5.41) is 2.90. The number of anilines is 1. The van der Waals surface area contributed by atoms with E-state index in [-0.39, 0.29) is 30.6 Å². The fraction of sp³-hybridized carbons (Fsp3) is 0.310. The summed E-state index contributed by atoms with van der Waals surface area (Å²) < 4.78 is 40.8. The summed E-state index contributed by atoms with van der Waals surface area (Å²) in [4.78, 5) is 28.8. The summed E-state index contributed by atoms with van der Waals surface area (Å²) in [5.41, 5.74) is 2.34. The molecule has 0 bridgehead atoms. The van der Waals surface area contributed by atoms with Crippen LogP contribution < -0.4 is 9.62 Å². The van der Waals surface area contributed by atoms with Crippen LogP contribution in [-0.4, -0.2) is 50.0 Å². The van der Waals surface area contributed by atoms with Gasteiger partial charge in [-0.2, -0.15) is 0 Å². The molecule has 0 aliphatic rings. The predicted molar refractivity (Wildman–Crippen MR) is 148 cm³/mol. The molecule has 3 aromatic carbocycles. The summed E-state index contributed by atoms with van der Waals surface area (Å²) in [5.74, 6) is -1.75. The maximum Gasteiger partial charge on any atom is 0.244 e. The van der Waals surface area contributed by atoms with Crippen molar-refractivity contribution in [2.24, 2.45) is 0 Å². The van der Waals surface area contributed by atoms with Crippen LogP contribution in [0.25, 0.3) is 0 Å². The molecule has 1 N–H and O–H groups in total. The molecule has 38 heavy (non-hydrogen) atoms. The highest BCUT2D eigenvalue weighted by Gasteiger charge is 2.34. The van der Waals surface area contributed by atoms with Crippen molar-refractivity contribution >= 4 is 27.5 Å². The number of nitrogens with one attached hydrogen (secondary N) is 1. The van der Waals surface area contributed by atoms with Gasteiger partial charge in [-0.3, -0.25) is 13.9 Å². The Kier molecular flexibility index (Phi) is 9.63. The van der Waals surface area contributed by atoms with Crippen LogP contribution in [0.4, 0.5) is 10.1 Å². The second kappa shape index (κ2) is 12.7. The minimum absolute atomic E-state index is 0.0728. The van der Waals surface area contributed by atoms with Gasteiger partial charge in [-0.15, -0.1) is 0 Å². The van der Waals surface area contributed by atoms with Crippen molar-refractivity contribution in [1.29, 1.82) is 0 Å². The second-order valence-corrected chi connectivity index (χ2v) is 11.4. The van der Waals surface area contributed by atoms with Crippen molar-refractivity contribution in [3.63, 3.8) is 0 Å². The van der Waals surface area contributed by atoms with Gasteiger partial charge in [0.25, 0.3) is 0 Å². The van der Waals surface area contributed by atoms with Gasteiger partial charge in [-0.05, 0) is 49.6 Å².